The smallest absolute Gasteiger partial charge is 0.305 e. The molecule has 1 aliphatic heterocycles. The molecule has 2 atom stereocenters. The first kappa shape index (κ1) is 15.8. The van der Waals surface area contributed by atoms with Gasteiger partial charge < -0.3 is 4.90 Å². The van der Waals surface area contributed by atoms with Crippen molar-refractivity contribution in [3.8, 4) is 0 Å². The number of carbonyl (C=O) groups is 1. The maximum absolute atomic E-state index is 14.1. The second-order valence-electron chi connectivity index (χ2n) is 5.00. The molecule has 1 saturated heterocycles. The van der Waals surface area contributed by atoms with Crippen LogP contribution in [0, 0.1) is 27.7 Å². The number of amides is 1. The number of halogens is 3. The van der Waals surface area contributed by atoms with Crippen LogP contribution < -0.4 is 0 Å². The molecular formula is C13H13BrF2N2O3. The van der Waals surface area contributed by atoms with Gasteiger partial charge in [-0.15, -0.1) is 0 Å². The Morgan fingerprint density at radius 1 is 1.52 bits per heavy atom. The molecule has 5 nitrogen and oxygen atoms in total. The topological polar surface area (TPSA) is 63.5 Å². The van der Waals surface area contributed by atoms with Crippen LogP contribution in [-0.2, 0) is 0 Å². The van der Waals surface area contributed by atoms with Crippen molar-refractivity contribution in [2.45, 2.75) is 19.4 Å². The van der Waals surface area contributed by atoms with Crippen LogP contribution in [0.2, 0.25) is 0 Å². The molecular weight excluding hydrogens is 350 g/mol. The largest absolute Gasteiger partial charge is 0.334 e. The van der Waals surface area contributed by atoms with E-state index in [1.54, 1.807) is 0 Å². The van der Waals surface area contributed by atoms with Crippen LogP contribution in [0.25, 0.3) is 0 Å². The first-order valence-electron chi connectivity index (χ1n) is 6.37. The minimum Gasteiger partial charge on any atom is -0.334 e. The number of nitro groups is 1. The lowest BCUT2D eigenvalue weighted by molar-refractivity contribution is -0.387. The van der Waals surface area contributed by atoms with Crippen molar-refractivity contribution < 1.29 is 18.5 Å². The first-order valence-corrected chi connectivity index (χ1v) is 7.50. The number of nitro benzene ring substituents is 1. The van der Waals surface area contributed by atoms with Gasteiger partial charge in [0.05, 0.1) is 4.92 Å². The number of hydrogen-bond acceptors (Lipinski definition) is 3. The summed E-state index contributed by atoms with van der Waals surface area (Å²) in [6, 6.07) is 1.28. The third kappa shape index (κ3) is 2.76. The quantitative estimate of drug-likeness (QED) is 0.471. The van der Waals surface area contributed by atoms with Gasteiger partial charge in [-0.3, -0.25) is 14.9 Å². The van der Waals surface area contributed by atoms with Crippen molar-refractivity contribution in [1.29, 1.82) is 0 Å². The number of hydrogen-bond donors (Lipinski definition) is 0. The van der Waals surface area contributed by atoms with Crippen molar-refractivity contribution in [1.82, 2.24) is 4.90 Å². The van der Waals surface area contributed by atoms with Gasteiger partial charge in [-0.25, -0.2) is 4.39 Å². The fraction of sp³-hybridized carbons (Fsp3) is 0.462. The van der Waals surface area contributed by atoms with Gasteiger partial charge in [-0.2, -0.15) is 4.39 Å². The van der Waals surface area contributed by atoms with E-state index in [2.05, 4.69) is 15.9 Å². The van der Waals surface area contributed by atoms with E-state index in [4.69, 9.17) is 0 Å². The molecule has 0 aromatic heterocycles. The highest BCUT2D eigenvalue weighted by Gasteiger charge is 2.37. The second kappa shape index (κ2) is 6.05. The molecule has 0 radical (unpaired) electrons. The lowest BCUT2D eigenvalue weighted by Crippen LogP contribution is -2.39. The van der Waals surface area contributed by atoms with Gasteiger partial charge in [0, 0.05) is 24.0 Å². The maximum atomic E-state index is 14.1. The Balaban J connectivity index is 2.44. The van der Waals surface area contributed by atoms with E-state index in [1.807, 2.05) is 6.92 Å². The lowest BCUT2D eigenvalue weighted by Gasteiger charge is -2.25. The van der Waals surface area contributed by atoms with Gasteiger partial charge >= 0.3 is 5.69 Å². The van der Waals surface area contributed by atoms with E-state index in [0.29, 0.717) is 11.9 Å². The van der Waals surface area contributed by atoms with Gasteiger partial charge in [-0.05, 0) is 18.4 Å². The summed E-state index contributed by atoms with van der Waals surface area (Å²) in [5.74, 6) is -3.16. The zero-order valence-electron chi connectivity index (χ0n) is 11.2. The van der Waals surface area contributed by atoms with E-state index in [0.717, 1.165) is 18.6 Å². The fourth-order valence-corrected chi connectivity index (χ4v) is 3.51. The molecule has 114 valence electrons. The molecule has 21 heavy (non-hydrogen) atoms. The molecule has 1 heterocycles. The zero-order chi connectivity index (χ0) is 15.7. The van der Waals surface area contributed by atoms with Crippen LogP contribution in [0.1, 0.15) is 23.7 Å². The number of likely N-dealkylation sites (tertiary alicyclic amines) is 1. The number of alkyl halides is 1. The Morgan fingerprint density at radius 2 is 2.19 bits per heavy atom. The van der Waals surface area contributed by atoms with Gasteiger partial charge in [0.1, 0.15) is 11.4 Å². The summed E-state index contributed by atoms with van der Waals surface area (Å²) in [6.07, 6.45) is 0.722. The predicted octanol–water partition coefficient (Wildman–Crippen LogP) is 3.12. The Bertz CT molecular complexity index is 597. The third-order valence-corrected chi connectivity index (χ3v) is 4.45. The molecule has 2 unspecified atom stereocenters. The number of nitrogens with zero attached hydrogens (tertiary/aromatic N) is 2. The number of benzene rings is 1. The molecule has 8 heteroatoms. The first-order chi connectivity index (χ1) is 9.88. The van der Waals surface area contributed by atoms with Crippen LogP contribution in [-0.4, -0.2) is 33.6 Å². The molecule has 0 saturated carbocycles. The molecule has 0 spiro atoms. The van der Waals surface area contributed by atoms with Crippen LogP contribution in [0.5, 0.6) is 0 Å². The monoisotopic (exact) mass is 362 g/mol. The van der Waals surface area contributed by atoms with E-state index in [-0.39, 0.29) is 12.0 Å². The number of carbonyl (C=O) groups excluding carboxylic acids is 1. The van der Waals surface area contributed by atoms with E-state index in [9.17, 15) is 23.7 Å². The van der Waals surface area contributed by atoms with Crippen LogP contribution in [0.15, 0.2) is 12.1 Å². The highest BCUT2D eigenvalue weighted by Crippen LogP contribution is 2.30. The van der Waals surface area contributed by atoms with E-state index < -0.39 is 33.7 Å². The molecule has 1 fully saturated rings. The lowest BCUT2D eigenvalue weighted by atomic mass is 10.0. The summed E-state index contributed by atoms with van der Waals surface area (Å²) in [5, 5.41) is 11.2. The summed E-state index contributed by atoms with van der Waals surface area (Å²) in [7, 11) is 0. The third-order valence-electron chi connectivity index (χ3n) is 3.78. The highest BCUT2D eigenvalue weighted by molar-refractivity contribution is 9.09. The van der Waals surface area contributed by atoms with Gasteiger partial charge in [0.2, 0.25) is 5.82 Å². The van der Waals surface area contributed by atoms with E-state index in [1.165, 1.54) is 4.90 Å². The van der Waals surface area contributed by atoms with Gasteiger partial charge in [0.15, 0.2) is 0 Å². The minimum absolute atomic E-state index is 0.185. The Kier molecular flexibility index (Phi) is 4.55. The Labute approximate surface area is 128 Å². The van der Waals surface area contributed by atoms with Crippen LogP contribution >= 0.6 is 15.9 Å². The zero-order valence-corrected chi connectivity index (χ0v) is 12.8. The molecule has 1 aromatic rings. The molecule has 1 aromatic carbocycles. The maximum Gasteiger partial charge on any atom is 0.305 e. The molecule has 0 N–H and O–H groups in total. The SMILES string of the molecule is CC1CCN(C(=O)c2c(F)ccc([N+](=O)[O-])c2F)C1CBr. The van der Waals surface area contributed by atoms with Crippen molar-refractivity contribution in [3.05, 3.63) is 39.4 Å². The number of rotatable bonds is 3. The minimum atomic E-state index is -1.42. The van der Waals surface area contributed by atoms with Crippen LogP contribution in [0.4, 0.5) is 14.5 Å². The molecule has 2 rings (SSSR count). The van der Waals surface area contributed by atoms with Crippen molar-refractivity contribution in [2.24, 2.45) is 5.92 Å². The predicted molar refractivity (Wildman–Crippen MR) is 75.4 cm³/mol. The van der Waals surface area contributed by atoms with Gasteiger partial charge in [0.25, 0.3) is 5.91 Å². The molecule has 1 aliphatic rings. The average molecular weight is 363 g/mol. The van der Waals surface area contributed by atoms with Crippen molar-refractivity contribution in [2.75, 3.05) is 11.9 Å². The highest BCUT2D eigenvalue weighted by atomic mass is 79.9. The Morgan fingerprint density at radius 3 is 2.76 bits per heavy atom. The standard InChI is InChI=1S/C13H13BrF2N2O3/c1-7-4-5-17(10(7)6-14)13(19)11-8(15)2-3-9(12(11)16)18(20)21/h2-3,7,10H,4-6H2,1H3. The normalized spacial score (nSPS) is 21.6. The van der Waals surface area contributed by atoms with Crippen molar-refractivity contribution in [3.63, 3.8) is 0 Å². The summed E-state index contributed by atoms with van der Waals surface area (Å²) in [5.41, 5.74) is -1.76. The fourth-order valence-electron chi connectivity index (χ4n) is 2.52. The van der Waals surface area contributed by atoms with Crippen molar-refractivity contribution >= 4 is 27.5 Å². The van der Waals surface area contributed by atoms with E-state index >= 15 is 0 Å². The second-order valence-corrected chi connectivity index (χ2v) is 5.65. The summed E-state index contributed by atoms with van der Waals surface area (Å²) in [4.78, 5) is 23.5. The Hall–Kier alpha value is -1.57. The molecule has 1 amide bonds. The summed E-state index contributed by atoms with van der Waals surface area (Å²) in [6.45, 7) is 2.32. The van der Waals surface area contributed by atoms with Crippen LogP contribution in [0.3, 0.4) is 0 Å². The molecule has 0 bridgehead atoms. The summed E-state index contributed by atoms with van der Waals surface area (Å²) < 4.78 is 27.9. The molecule has 0 aliphatic carbocycles. The average Bonchev–Trinajstić information content (AvgIpc) is 2.79. The summed E-state index contributed by atoms with van der Waals surface area (Å²) >= 11 is 3.28. The van der Waals surface area contributed by atoms with Gasteiger partial charge in [-0.1, -0.05) is 22.9 Å².